The highest BCUT2D eigenvalue weighted by Crippen LogP contribution is 2.45. The molecule has 0 radical (unpaired) electrons. The van der Waals surface area contributed by atoms with Crippen LogP contribution in [0.5, 0.6) is 0 Å². The van der Waals surface area contributed by atoms with Crippen LogP contribution in [0.4, 0.5) is 0 Å². The fraction of sp³-hybridized carbons (Fsp3) is 0. The van der Waals surface area contributed by atoms with Crippen molar-refractivity contribution in [3.8, 4) is 79.5 Å². The summed E-state index contributed by atoms with van der Waals surface area (Å²) in [4.78, 5) is 41.9. The average Bonchev–Trinajstić information content (AvgIpc) is 1.35. The van der Waals surface area contributed by atoms with Gasteiger partial charge in [0, 0.05) is 45.8 Å². The number of rotatable bonds is 7. The number of pyridine rings is 2. The molecule has 10 nitrogen and oxygen atoms in total. The highest BCUT2D eigenvalue weighted by Gasteiger charge is 2.24. The Bertz CT molecular complexity index is 6650. The van der Waals surface area contributed by atoms with Crippen LogP contribution in [-0.4, -0.2) is 39.9 Å². The molecule has 0 saturated carbocycles. The van der Waals surface area contributed by atoms with E-state index in [1.54, 1.807) is 12.4 Å². The summed E-state index contributed by atoms with van der Waals surface area (Å²) in [5, 5.41) is 19.5. The summed E-state index contributed by atoms with van der Waals surface area (Å²) in [6.07, 6.45) is 3.59. The van der Waals surface area contributed by atoms with Gasteiger partial charge in [0.25, 0.3) is 0 Å². The second-order valence-electron chi connectivity index (χ2n) is 24.1. The largest absolute Gasteiger partial charge is 0.454 e. The van der Waals surface area contributed by atoms with E-state index in [1.165, 1.54) is 10.8 Å². The number of fused-ring (bicyclic) bond motifs is 18. The van der Waals surface area contributed by atoms with E-state index in [4.69, 9.17) is 48.7 Å². The maximum absolute atomic E-state index is 6.40. The summed E-state index contributed by atoms with van der Waals surface area (Å²) in [5.74, 6) is 3.28. The van der Waals surface area contributed by atoms with Gasteiger partial charge in [-0.3, -0.25) is 9.97 Å². The fourth-order valence-corrected chi connectivity index (χ4v) is 14.5. The van der Waals surface area contributed by atoms with Gasteiger partial charge in [-0.25, -0.2) is 29.9 Å². The molecular formula is C84H46N8O2. The third-order valence-corrected chi connectivity index (χ3v) is 18.8. The first kappa shape index (κ1) is 51.9. The van der Waals surface area contributed by atoms with Gasteiger partial charge in [0.05, 0.1) is 10.8 Å². The van der Waals surface area contributed by atoms with Crippen LogP contribution in [0.2, 0.25) is 0 Å². The molecule has 20 rings (SSSR count). The Balaban J connectivity index is 0.761. The molecule has 20 aromatic rings. The Labute approximate surface area is 534 Å². The molecular weight excluding hydrogens is 1150 g/mol. The Morgan fingerprint density at radius 1 is 0.202 bits per heavy atom. The van der Waals surface area contributed by atoms with Crippen LogP contribution in [-0.2, 0) is 0 Å². The van der Waals surface area contributed by atoms with Crippen LogP contribution in [0.25, 0.3) is 210 Å². The van der Waals surface area contributed by atoms with Gasteiger partial charge < -0.3 is 8.83 Å². The molecule has 0 aliphatic heterocycles. The maximum Gasteiger partial charge on any atom is 0.164 e. The molecule has 0 N–H and O–H groups in total. The average molecular weight is 1200 g/mol. The Kier molecular flexibility index (Phi) is 11.2. The monoisotopic (exact) mass is 1200 g/mol. The normalized spacial score (nSPS) is 12.0. The minimum absolute atomic E-state index is 0.521. The molecule has 0 bridgehead atoms. The van der Waals surface area contributed by atoms with Crippen molar-refractivity contribution in [3.05, 3.63) is 279 Å². The van der Waals surface area contributed by atoms with Crippen molar-refractivity contribution in [1.29, 1.82) is 0 Å². The zero-order valence-electron chi connectivity index (χ0n) is 50.0. The predicted molar refractivity (Wildman–Crippen MR) is 381 cm³/mol. The van der Waals surface area contributed by atoms with E-state index < -0.39 is 0 Å². The SMILES string of the molecule is c1ccc2cc(-c3nc(-c4cccc5c4ccc4c6ccccc6c(-c6ccc7ccc(-c8nc(-c9cc%10c%11ccccc%11ccc%10c%10ccccc9%10)nc(-c9cccc%10oc%11cccnc%11c9%10)n8)cc7c6)cc54)nc(-c4cccc5oc6cccnc6c45)n3)ccc2c1. The number of benzene rings is 14. The predicted octanol–water partition coefficient (Wildman–Crippen LogP) is 21.5. The van der Waals surface area contributed by atoms with Crippen LogP contribution in [0.1, 0.15) is 0 Å². The first-order valence-electron chi connectivity index (χ1n) is 31.4. The lowest BCUT2D eigenvalue weighted by Gasteiger charge is -2.15. The zero-order valence-corrected chi connectivity index (χ0v) is 50.0. The van der Waals surface area contributed by atoms with Gasteiger partial charge in [0.1, 0.15) is 22.2 Å². The summed E-state index contributed by atoms with van der Waals surface area (Å²) in [5.41, 5.74) is 11.7. The highest BCUT2D eigenvalue weighted by atomic mass is 16.3. The second-order valence-corrected chi connectivity index (χ2v) is 24.1. The number of furan rings is 2. The molecule has 0 amide bonds. The second kappa shape index (κ2) is 20.3. The van der Waals surface area contributed by atoms with Gasteiger partial charge in [-0.1, -0.05) is 200 Å². The van der Waals surface area contributed by atoms with Crippen molar-refractivity contribution in [3.63, 3.8) is 0 Å². The van der Waals surface area contributed by atoms with E-state index in [0.717, 1.165) is 142 Å². The highest BCUT2D eigenvalue weighted by molar-refractivity contribution is 6.24. The standard InChI is InChI=1S/C84H46N8O2/c1-2-16-50-42-52(34-31-47(50)14-1)79-87-81(91-82(88-79)65-24-10-26-71-75(65)77-73(93-71)28-12-40-85-77)64-23-9-22-59-61(64)38-39-63-56-18-5-7-20-58(56)67(45-69(59)63)51-33-30-48-32-35-53(44-54(48)43-51)80-89-83(66-25-11-27-72-76(66)78-74(94-72)29-13-41-86-78)92-84(90-80)70-46-68-55-17-4-3-15-49(55)36-37-62(68)57-19-6-8-21-60(57)70/h1-46H. The van der Waals surface area contributed by atoms with Crippen molar-refractivity contribution in [2.75, 3.05) is 0 Å². The molecule has 0 saturated heterocycles. The van der Waals surface area contributed by atoms with Crippen molar-refractivity contribution in [1.82, 2.24) is 39.9 Å². The third-order valence-electron chi connectivity index (χ3n) is 18.8. The molecule has 434 valence electrons. The number of hydrogen-bond donors (Lipinski definition) is 0. The van der Waals surface area contributed by atoms with Crippen LogP contribution >= 0.6 is 0 Å². The summed E-state index contributed by atoms with van der Waals surface area (Å²) >= 11 is 0. The van der Waals surface area contributed by atoms with Crippen molar-refractivity contribution >= 4 is 130 Å². The van der Waals surface area contributed by atoms with Crippen LogP contribution in [0.3, 0.4) is 0 Å². The molecule has 0 fully saturated rings. The lowest BCUT2D eigenvalue weighted by Crippen LogP contribution is -2.01. The van der Waals surface area contributed by atoms with E-state index in [-0.39, 0.29) is 0 Å². The number of aromatic nitrogens is 8. The smallest absolute Gasteiger partial charge is 0.164 e. The van der Waals surface area contributed by atoms with Crippen molar-refractivity contribution in [2.45, 2.75) is 0 Å². The molecule has 0 atom stereocenters. The van der Waals surface area contributed by atoms with Gasteiger partial charge in [0.15, 0.2) is 46.1 Å². The van der Waals surface area contributed by atoms with Crippen molar-refractivity contribution in [2.24, 2.45) is 0 Å². The van der Waals surface area contributed by atoms with Gasteiger partial charge >= 0.3 is 0 Å². The van der Waals surface area contributed by atoms with E-state index in [2.05, 4.69) is 212 Å². The molecule has 6 aromatic heterocycles. The molecule has 10 heteroatoms. The van der Waals surface area contributed by atoms with Gasteiger partial charge in [-0.15, -0.1) is 0 Å². The fourth-order valence-electron chi connectivity index (χ4n) is 14.5. The minimum atomic E-state index is 0.521. The molecule has 14 aromatic carbocycles. The molecule has 6 heterocycles. The van der Waals surface area contributed by atoms with E-state index in [0.29, 0.717) is 57.3 Å². The summed E-state index contributed by atoms with van der Waals surface area (Å²) < 4.78 is 12.7. The minimum Gasteiger partial charge on any atom is -0.454 e. The van der Waals surface area contributed by atoms with Gasteiger partial charge in [-0.05, 0) is 164 Å². The lowest BCUT2D eigenvalue weighted by atomic mass is 9.89. The Morgan fingerprint density at radius 2 is 0.585 bits per heavy atom. The van der Waals surface area contributed by atoms with Crippen LogP contribution < -0.4 is 0 Å². The first-order chi connectivity index (χ1) is 46.5. The van der Waals surface area contributed by atoms with E-state index in [9.17, 15) is 0 Å². The van der Waals surface area contributed by atoms with Gasteiger partial charge in [0.2, 0.25) is 0 Å². The van der Waals surface area contributed by atoms with Gasteiger partial charge in [-0.2, -0.15) is 0 Å². The molecule has 0 aliphatic rings. The number of nitrogens with zero attached hydrogens (tertiary/aromatic N) is 8. The van der Waals surface area contributed by atoms with Crippen LogP contribution in [0, 0.1) is 0 Å². The van der Waals surface area contributed by atoms with Crippen molar-refractivity contribution < 1.29 is 8.83 Å². The third kappa shape index (κ3) is 8.09. The molecule has 0 aliphatic carbocycles. The molecule has 0 unspecified atom stereocenters. The van der Waals surface area contributed by atoms with E-state index >= 15 is 0 Å². The Morgan fingerprint density at radius 3 is 1.23 bits per heavy atom. The molecule has 0 spiro atoms. The van der Waals surface area contributed by atoms with Crippen LogP contribution in [0.15, 0.2) is 288 Å². The first-order valence-corrected chi connectivity index (χ1v) is 31.4. The lowest BCUT2D eigenvalue weighted by molar-refractivity contribution is 0.668. The maximum atomic E-state index is 6.40. The summed E-state index contributed by atoms with van der Waals surface area (Å²) in [6.45, 7) is 0. The Hall–Kier alpha value is -12.9. The summed E-state index contributed by atoms with van der Waals surface area (Å²) in [6, 6.07) is 93.6. The quantitative estimate of drug-likeness (QED) is 0.142. The topological polar surface area (TPSA) is 129 Å². The summed E-state index contributed by atoms with van der Waals surface area (Å²) in [7, 11) is 0. The molecule has 94 heavy (non-hydrogen) atoms. The van der Waals surface area contributed by atoms with E-state index in [1.807, 2.05) is 54.6 Å². The number of hydrogen-bond acceptors (Lipinski definition) is 10. The zero-order chi connectivity index (χ0) is 61.5.